The number of halogens is 2. The van der Waals surface area contributed by atoms with E-state index in [0.29, 0.717) is 12.2 Å². The van der Waals surface area contributed by atoms with Gasteiger partial charge in [0.05, 0.1) is 6.10 Å². The summed E-state index contributed by atoms with van der Waals surface area (Å²) in [5.41, 5.74) is 0.675. The number of hydrogen-bond donors (Lipinski definition) is 1. The van der Waals surface area contributed by atoms with E-state index in [9.17, 15) is 8.78 Å². The molecular weight excluding hydrogens is 232 g/mol. The van der Waals surface area contributed by atoms with Crippen molar-refractivity contribution < 1.29 is 23.0 Å². The van der Waals surface area contributed by atoms with Crippen LogP contribution < -0.4 is 14.8 Å². The van der Waals surface area contributed by atoms with E-state index in [0.717, 1.165) is 0 Å². The van der Waals surface area contributed by atoms with E-state index in [4.69, 9.17) is 4.74 Å². The molecule has 0 radical (unpaired) electrons. The second kappa shape index (κ2) is 4.37. The van der Waals surface area contributed by atoms with Gasteiger partial charge in [-0.25, -0.2) is 0 Å². The Bertz CT molecular complexity index is 412. The number of benzene rings is 1. The van der Waals surface area contributed by atoms with Crippen LogP contribution in [0.1, 0.15) is 6.92 Å². The molecule has 2 rings (SSSR count). The second-order valence-corrected chi connectivity index (χ2v) is 3.76. The van der Waals surface area contributed by atoms with Crippen LogP contribution in [0.3, 0.4) is 0 Å². The minimum absolute atomic E-state index is 0.0295. The van der Waals surface area contributed by atoms with Crippen molar-refractivity contribution in [1.29, 1.82) is 0 Å². The van der Waals surface area contributed by atoms with Gasteiger partial charge >= 0.3 is 6.29 Å². The van der Waals surface area contributed by atoms with Crippen LogP contribution in [0.2, 0.25) is 0 Å². The molecule has 0 saturated heterocycles. The summed E-state index contributed by atoms with van der Waals surface area (Å²) in [6, 6.07) is 4.56. The third-order valence-corrected chi connectivity index (χ3v) is 2.40. The SMILES string of the molecule is COC(C)CNc1ccc2c(c1)OC(F)(F)O2. The van der Waals surface area contributed by atoms with Crippen molar-refractivity contribution in [2.24, 2.45) is 0 Å². The third-order valence-electron chi connectivity index (χ3n) is 2.40. The average Bonchev–Trinajstić information content (AvgIpc) is 2.58. The molecule has 0 saturated carbocycles. The van der Waals surface area contributed by atoms with Gasteiger partial charge in [0.1, 0.15) is 0 Å². The number of methoxy groups -OCH3 is 1. The highest BCUT2D eigenvalue weighted by molar-refractivity contribution is 5.55. The summed E-state index contributed by atoms with van der Waals surface area (Å²) in [5, 5.41) is 3.05. The molecule has 1 aliphatic heterocycles. The van der Waals surface area contributed by atoms with Crippen LogP contribution in [0, 0.1) is 0 Å². The Morgan fingerprint density at radius 1 is 1.35 bits per heavy atom. The first-order valence-electron chi connectivity index (χ1n) is 5.17. The fraction of sp³-hybridized carbons (Fsp3) is 0.455. The number of anilines is 1. The zero-order valence-electron chi connectivity index (χ0n) is 9.50. The standard InChI is InChI=1S/C11H13F2NO3/c1-7(15-2)6-14-8-3-4-9-10(5-8)17-11(12,13)16-9/h3-5,7,14H,6H2,1-2H3. The molecule has 0 aromatic heterocycles. The fourth-order valence-corrected chi connectivity index (χ4v) is 1.40. The summed E-state index contributed by atoms with van der Waals surface area (Å²) >= 11 is 0. The summed E-state index contributed by atoms with van der Waals surface area (Å²) in [7, 11) is 1.60. The van der Waals surface area contributed by atoms with Gasteiger partial charge in [0.2, 0.25) is 0 Å². The highest BCUT2D eigenvalue weighted by atomic mass is 19.3. The number of ether oxygens (including phenoxy) is 3. The van der Waals surface area contributed by atoms with Crippen molar-refractivity contribution in [2.75, 3.05) is 19.0 Å². The topological polar surface area (TPSA) is 39.7 Å². The second-order valence-electron chi connectivity index (χ2n) is 3.76. The number of hydrogen-bond acceptors (Lipinski definition) is 4. The van der Waals surface area contributed by atoms with E-state index in [1.165, 1.54) is 12.1 Å². The smallest absolute Gasteiger partial charge is 0.395 e. The van der Waals surface area contributed by atoms with Crippen LogP contribution in [0.25, 0.3) is 0 Å². The maximum Gasteiger partial charge on any atom is 0.586 e. The van der Waals surface area contributed by atoms with Crippen LogP contribution in [-0.2, 0) is 4.74 Å². The van der Waals surface area contributed by atoms with Crippen molar-refractivity contribution in [3.05, 3.63) is 18.2 Å². The zero-order valence-corrected chi connectivity index (χ0v) is 9.50. The Labute approximate surface area is 97.5 Å². The van der Waals surface area contributed by atoms with E-state index in [-0.39, 0.29) is 17.6 Å². The van der Waals surface area contributed by atoms with Crippen LogP contribution in [0.5, 0.6) is 11.5 Å². The first-order valence-corrected chi connectivity index (χ1v) is 5.17. The number of alkyl halides is 2. The van der Waals surface area contributed by atoms with Gasteiger partial charge < -0.3 is 19.5 Å². The molecule has 4 nitrogen and oxygen atoms in total. The molecule has 94 valence electrons. The quantitative estimate of drug-likeness (QED) is 0.884. The summed E-state index contributed by atoms with van der Waals surface area (Å²) in [6.45, 7) is 2.47. The first kappa shape index (κ1) is 11.9. The molecule has 0 aliphatic carbocycles. The van der Waals surface area contributed by atoms with Gasteiger partial charge in [-0.15, -0.1) is 8.78 Å². The monoisotopic (exact) mass is 245 g/mol. The molecule has 6 heteroatoms. The molecule has 1 N–H and O–H groups in total. The molecule has 17 heavy (non-hydrogen) atoms. The summed E-state index contributed by atoms with van der Waals surface area (Å²) in [4.78, 5) is 0. The van der Waals surface area contributed by atoms with Crippen molar-refractivity contribution >= 4 is 5.69 Å². The number of nitrogens with one attached hydrogen (secondary N) is 1. The molecule has 1 atom stereocenters. The molecule has 1 heterocycles. The van der Waals surface area contributed by atoms with Crippen LogP contribution in [-0.4, -0.2) is 26.1 Å². The Morgan fingerprint density at radius 3 is 2.76 bits per heavy atom. The lowest BCUT2D eigenvalue weighted by Gasteiger charge is -2.11. The third kappa shape index (κ3) is 2.76. The van der Waals surface area contributed by atoms with Gasteiger partial charge in [0.15, 0.2) is 11.5 Å². The van der Waals surface area contributed by atoms with Gasteiger partial charge in [0, 0.05) is 25.4 Å². The minimum Gasteiger partial charge on any atom is -0.395 e. The molecule has 0 amide bonds. The Morgan fingerprint density at radius 2 is 2.06 bits per heavy atom. The summed E-state index contributed by atoms with van der Waals surface area (Å²) in [6.07, 6.45) is -3.54. The highest BCUT2D eigenvalue weighted by Crippen LogP contribution is 2.42. The lowest BCUT2D eigenvalue weighted by atomic mass is 10.2. The lowest BCUT2D eigenvalue weighted by molar-refractivity contribution is -0.286. The molecule has 1 aromatic rings. The van der Waals surface area contributed by atoms with E-state index < -0.39 is 6.29 Å². The summed E-state index contributed by atoms with van der Waals surface area (Å²) in [5.74, 6) is 0.0745. The van der Waals surface area contributed by atoms with E-state index >= 15 is 0 Å². The first-order chi connectivity index (χ1) is 8.00. The van der Waals surface area contributed by atoms with Gasteiger partial charge in [0.25, 0.3) is 0 Å². The normalized spacial score (nSPS) is 17.9. The van der Waals surface area contributed by atoms with Crippen molar-refractivity contribution in [1.82, 2.24) is 0 Å². The van der Waals surface area contributed by atoms with Crippen LogP contribution in [0.15, 0.2) is 18.2 Å². The Balaban J connectivity index is 2.04. The number of fused-ring (bicyclic) bond motifs is 1. The predicted molar refractivity (Wildman–Crippen MR) is 57.6 cm³/mol. The maximum atomic E-state index is 12.8. The Hall–Kier alpha value is -1.56. The van der Waals surface area contributed by atoms with E-state index in [1.54, 1.807) is 13.2 Å². The highest BCUT2D eigenvalue weighted by Gasteiger charge is 2.43. The van der Waals surface area contributed by atoms with Gasteiger partial charge in [-0.2, -0.15) is 0 Å². The number of rotatable bonds is 4. The minimum atomic E-state index is -3.57. The van der Waals surface area contributed by atoms with Gasteiger partial charge in [-0.1, -0.05) is 0 Å². The average molecular weight is 245 g/mol. The zero-order chi connectivity index (χ0) is 12.5. The fourth-order valence-electron chi connectivity index (χ4n) is 1.40. The van der Waals surface area contributed by atoms with Crippen LogP contribution in [0.4, 0.5) is 14.5 Å². The lowest BCUT2D eigenvalue weighted by Crippen LogP contribution is -2.25. The van der Waals surface area contributed by atoms with E-state index in [2.05, 4.69) is 14.8 Å². The maximum absolute atomic E-state index is 12.8. The van der Waals surface area contributed by atoms with Crippen molar-refractivity contribution in [3.8, 4) is 11.5 Å². The van der Waals surface area contributed by atoms with Crippen molar-refractivity contribution in [3.63, 3.8) is 0 Å². The van der Waals surface area contributed by atoms with E-state index in [1.807, 2.05) is 6.92 Å². The predicted octanol–water partition coefficient (Wildman–Crippen LogP) is 2.45. The molecular formula is C11H13F2NO3. The summed E-state index contributed by atoms with van der Waals surface area (Å²) < 4.78 is 39.2. The molecule has 1 unspecified atom stereocenters. The molecule has 1 aromatic carbocycles. The van der Waals surface area contributed by atoms with Crippen molar-refractivity contribution in [2.45, 2.75) is 19.3 Å². The van der Waals surface area contributed by atoms with Gasteiger partial charge in [-0.3, -0.25) is 0 Å². The van der Waals surface area contributed by atoms with Crippen LogP contribution >= 0.6 is 0 Å². The van der Waals surface area contributed by atoms with Gasteiger partial charge in [-0.05, 0) is 19.1 Å². The molecule has 0 spiro atoms. The Kier molecular flexibility index (Phi) is 3.06. The molecule has 0 fully saturated rings. The largest absolute Gasteiger partial charge is 0.586 e. The molecule has 1 aliphatic rings. The molecule has 0 bridgehead atoms.